The summed E-state index contributed by atoms with van der Waals surface area (Å²) in [7, 11) is 0. The van der Waals surface area contributed by atoms with Crippen molar-refractivity contribution in [2.75, 3.05) is 19.6 Å². The second-order valence-electron chi connectivity index (χ2n) is 6.30. The van der Waals surface area contributed by atoms with Gasteiger partial charge in [-0.15, -0.1) is 0 Å². The van der Waals surface area contributed by atoms with Crippen LogP contribution in [0, 0.1) is 10.1 Å². The van der Waals surface area contributed by atoms with Crippen molar-refractivity contribution in [3.05, 3.63) is 69.8 Å². The molecular weight excluding hydrogens is 318 g/mol. The van der Waals surface area contributed by atoms with Gasteiger partial charge in [0.15, 0.2) is 0 Å². The van der Waals surface area contributed by atoms with E-state index in [0.717, 1.165) is 13.1 Å². The van der Waals surface area contributed by atoms with Crippen LogP contribution in [0.25, 0.3) is 0 Å². The largest absolute Gasteiger partial charge is 0.872 e. The first kappa shape index (κ1) is 17.1. The normalized spacial score (nSPS) is 16.3. The van der Waals surface area contributed by atoms with Gasteiger partial charge in [0, 0.05) is 36.8 Å². The summed E-state index contributed by atoms with van der Waals surface area (Å²) in [4.78, 5) is 16.3. The predicted octanol–water partition coefficient (Wildman–Crippen LogP) is 1.51. The summed E-state index contributed by atoms with van der Waals surface area (Å²) in [5.74, 6) is -0.251. The average molecular weight is 339 g/mol. The molecule has 1 atom stereocenters. The predicted molar refractivity (Wildman–Crippen MR) is 94.1 cm³/mol. The first-order chi connectivity index (χ1) is 12.1. The van der Waals surface area contributed by atoms with E-state index in [4.69, 9.17) is 0 Å². The van der Waals surface area contributed by atoms with Crippen LogP contribution in [-0.4, -0.2) is 30.8 Å². The molecule has 0 bridgehead atoms. The average Bonchev–Trinajstić information content (AvgIpc) is 3.15. The fourth-order valence-electron chi connectivity index (χ4n) is 3.34. The van der Waals surface area contributed by atoms with Crippen molar-refractivity contribution in [2.45, 2.75) is 18.9 Å². The van der Waals surface area contributed by atoms with E-state index in [1.807, 2.05) is 18.2 Å². The molecule has 1 saturated heterocycles. The molecule has 0 amide bonds. The molecule has 0 aliphatic carbocycles. The van der Waals surface area contributed by atoms with Crippen LogP contribution in [0.15, 0.2) is 53.5 Å². The summed E-state index contributed by atoms with van der Waals surface area (Å²) in [6, 6.07) is 14.2. The SMILES string of the molecule is O=[N+]([O-])c1ccc([O-])c(C=NC[C@@H](c2ccccc2)[NH+]2CCCC2)c1. The van der Waals surface area contributed by atoms with E-state index in [1.54, 1.807) is 0 Å². The number of nitro benzene ring substituents is 1. The first-order valence-corrected chi connectivity index (χ1v) is 8.50. The lowest BCUT2D eigenvalue weighted by Gasteiger charge is -2.23. The summed E-state index contributed by atoms with van der Waals surface area (Å²) in [6.07, 6.45) is 3.91. The third-order valence-electron chi connectivity index (χ3n) is 4.66. The Kier molecular flexibility index (Phi) is 5.40. The van der Waals surface area contributed by atoms with Crippen LogP contribution in [0.5, 0.6) is 5.75 Å². The summed E-state index contributed by atoms with van der Waals surface area (Å²) < 4.78 is 0. The summed E-state index contributed by atoms with van der Waals surface area (Å²) in [5.41, 5.74) is 1.40. The molecule has 1 fully saturated rings. The molecule has 3 rings (SSSR count). The molecule has 6 nitrogen and oxygen atoms in total. The summed E-state index contributed by atoms with van der Waals surface area (Å²) >= 11 is 0. The maximum Gasteiger partial charge on any atom is 0.270 e. The molecular formula is C19H21N3O3. The van der Waals surface area contributed by atoms with Crippen molar-refractivity contribution in [1.82, 2.24) is 0 Å². The number of benzene rings is 2. The van der Waals surface area contributed by atoms with Crippen molar-refractivity contribution < 1.29 is 14.9 Å². The van der Waals surface area contributed by atoms with Gasteiger partial charge in [-0.3, -0.25) is 15.1 Å². The van der Waals surface area contributed by atoms with Crippen LogP contribution in [0.1, 0.15) is 30.0 Å². The maximum absolute atomic E-state index is 11.9. The highest BCUT2D eigenvalue weighted by molar-refractivity contribution is 5.84. The molecule has 2 aromatic carbocycles. The highest BCUT2D eigenvalue weighted by Crippen LogP contribution is 2.19. The fraction of sp³-hybridized carbons (Fsp3) is 0.316. The zero-order valence-electron chi connectivity index (χ0n) is 13.9. The number of nitro groups is 1. The van der Waals surface area contributed by atoms with Gasteiger partial charge in [0.2, 0.25) is 0 Å². The van der Waals surface area contributed by atoms with Crippen LogP contribution < -0.4 is 10.0 Å². The Hall–Kier alpha value is -2.73. The van der Waals surface area contributed by atoms with Gasteiger partial charge in [-0.25, -0.2) is 0 Å². The van der Waals surface area contributed by atoms with E-state index in [1.165, 1.54) is 47.7 Å². The molecule has 1 aliphatic heterocycles. The lowest BCUT2D eigenvalue weighted by Crippen LogP contribution is -3.10. The number of nitrogens with zero attached hydrogens (tertiary/aromatic N) is 2. The van der Waals surface area contributed by atoms with E-state index in [9.17, 15) is 15.2 Å². The van der Waals surface area contributed by atoms with E-state index in [-0.39, 0.29) is 23.0 Å². The maximum atomic E-state index is 11.9. The molecule has 1 aliphatic rings. The van der Waals surface area contributed by atoms with Crippen molar-refractivity contribution in [1.29, 1.82) is 0 Å². The smallest absolute Gasteiger partial charge is 0.270 e. The summed E-state index contributed by atoms with van der Waals surface area (Å²) in [5, 5.41) is 22.7. The van der Waals surface area contributed by atoms with Gasteiger partial charge in [0.05, 0.1) is 24.6 Å². The highest BCUT2D eigenvalue weighted by Gasteiger charge is 2.26. The van der Waals surface area contributed by atoms with E-state index in [0.29, 0.717) is 6.54 Å². The van der Waals surface area contributed by atoms with E-state index < -0.39 is 4.92 Å². The molecule has 130 valence electrons. The third kappa shape index (κ3) is 4.22. The Bertz CT molecular complexity index is 756. The number of nitrogens with one attached hydrogen (secondary N) is 1. The van der Waals surface area contributed by atoms with Crippen LogP contribution in [0.4, 0.5) is 5.69 Å². The van der Waals surface area contributed by atoms with Gasteiger partial charge < -0.3 is 10.0 Å². The number of likely N-dealkylation sites (tertiary alicyclic amines) is 1. The Labute approximate surface area is 146 Å². The third-order valence-corrected chi connectivity index (χ3v) is 4.66. The molecule has 1 N–H and O–H groups in total. The minimum atomic E-state index is -0.502. The lowest BCUT2D eigenvalue weighted by molar-refractivity contribution is -0.918. The van der Waals surface area contributed by atoms with Gasteiger partial charge in [-0.05, 0) is 5.56 Å². The van der Waals surface area contributed by atoms with Crippen LogP contribution in [0.3, 0.4) is 0 Å². The Balaban J connectivity index is 1.78. The Morgan fingerprint density at radius 2 is 1.88 bits per heavy atom. The molecule has 25 heavy (non-hydrogen) atoms. The van der Waals surface area contributed by atoms with Crippen LogP contribution in [0.2, 0.25) is 0 Å². The standard InChI is InChI=1S/C19H21N3O3/c23-19-9-8-17(22(24)25)12-16(19)13-20-14-18(21-10-4-5-11-21)15-6-2-1-3-7-15/h1-3,6-9,12-13,18,23H,4-5,10-11,14H2/t18-/m0/s1. The Morgan fingerprint density at radius 1 is 1.16 bits per heavy atom. The number of non-ortho nitro benzene ring substituents is 1. The Morgan fingerprint density at radius 3 is 2.56 bits per heavy atom. The zero-order chi connectivity index (χ0) is 17.6. The van der Waals surface area contributed by atoms with Gasteiger partial charge in [0.1, 0.15) is 6.04 Å². The lowest BCUT2D eigenvalue weighted by atomic mass is 10.1. The van der Waals surface area contributed by atoms with Gasteiger partial charge in [0.25, 0.3) is 5.69 Å². The second kappa shape index (κ2) is 7.90. The minimum absolute atomic E-state index is 0.0918. The molecule has 0 unspecified atom stereocenters. The fourth-order valence-corrected chi connectivity index (χ4v) is 3.34. The molecule has 0 aromatic heterocycles. The van der Waals surface area contributed by atoms with Gasteiger partial charge in [-0.2, -0.15) is 0 Å². The molecule has 0 radical (unpaired) electrons. The second-order valence-corrected chi connectivity index (χ2v) is 6.30. The van der Waals surface area contributed by atoms with Crippen molar-refractivity contribution in [3.8, 4) is 5.75 Å². The van der Waals surface area contributed by atoms with E-state index in [2.05, 4.69) is 17.1 Å². The number of quaternary nitrogens is 1. The molecule has 1 heterocycles. The van der Waals surface area contributed by atoms with Gasteiger partial charge >= 0.3 is 0 Å². The monoisotopic (exact) mass is 339 g/mol. The molecule has 2 aromatic rings. The highest BCUT2D eigenvalue weighted by atomic mass is 16.6. The van der Waals surface area contributed by atoms with Gasteiger partial charge in [-0.1, -0.05) is 42.1 Å². The van der Waals surface area contributed by atoms with Crippen molar-refractivity contribution in [2.24, 2.45) is 4.99 Å². The number of aliphatic imine (C=N–C) groups is 1. The number of hydrogen-bond acceptors (Lipinski definition) is 4. The zero-order valence-corrected chi connectivity index (χ0v) is 13.9. The van der Waals surface area contributed by atoms with Crippen LogP contribution in [-0.2, 0) is 0 Å². The molecule has 0 saturated carbocycles. The quantitative estimate of drug-likeness (QED) is 0.492. The van der Waals surface area contributed by atoms with E-state index >= 15 is 0 Å². The molecule has 0 spiro atoms. The van der Waals surface area contributed by atoms with Crippen molar-refractivity contribution in [3.63, 3.8) is 0 Å². The van der Waals surface area contributed by atoms with Crippen molar-refractivity contribution >= 4 is 11.9 Å². The number of rotatable bonds is 6. The van der Waals surface area contributed by atoms with Crippen LogP contribution >= 0.6 is 0 Å². The molecule has 6 heteroatoms. The number of hydrogen-bond donors (Lipinski definition) is 1. The first-order valence-electron chi connectivity index (χ1n) is 8.50. The topological polar surface area (TPSA) is 83.0 Å². The summed E-state index contributed by atoms with van der Waals surface area (Å²) in [6.45, 7) is 2.80. The minimum Gasteiger partial charge on any atom is -0.872 e.